The topological polar surface area (TPSA) is 53.6 Å². The molecule has 0 aliphatic carbocycles. The lowest BCUT2D eigenvalue weighted by Crippen LogP contribution is -2.72. The minimum absolute atomic E-state index is 0.114. The fourth-order valence-corrected chi connectivity index (χ4v) is 5.46. The molecule has 2 bridgehead atoms. The van der Waals surface area contributed by atoms with Crippen molar-refractivity contribution < 1.29 is 9.53 Å². The number of fused-ring (bicyclic) bond motifs is 4. The number of anilines is 2. The molecule has 1 amide bonds. The minimum Gasteiger partial charge on any atom is -0.467 e. The largest absolute Gasteiger partial charge is 0.467 e. The zero-order chi connectivity index (χ0) is 23.3. The molecule has 0 spiro atoms. The Hall–Kier alpha value is -3.38. The number of para-hydroxylation sites is 1. The molecule has 5 nitrogen and oxygen atoms in total. The quantitative estimate of drug-likeness (QED) is 0.515. The van der Waals surface area contributed by atoms with Gasteiger partial charge in [-0.25, -0.2) is 0 Å². The maximum atomic E-state index is 13.9. The van der Waals surface area contributed by atoms with Crippen LogP contribution in [-0.2, 0) is 4.79 Å². The molecule has 1 saturated heterocycles. The van der Waals surface area contributed by atoms with Crippen LogP contribution in [0.15, 0.2) is 66.7 Å². The van der Waals surface area contributed by atoms with E-state index >= 15 is 0 Å². The molecule has 3 aromatic rings. The van der Waals surface area contributed by atoms with Crippen molar-refractivity contribution >= 4 is 34.6 Å². The number of benzene rings is 3. The average Bonchev–Trinajstić information content (AvgIpc) is 2.75. The Kier molecular flexibility index (Phi) is 5.13. The highest BCUT2D eigenvalue weighted by atomic mass is 32.1. The van der Waals surface area contributed by atoms with Gasteiger partial charge in [-0.15, -0.1) is 0 Å². The molecule has 2 heterocycles. The fraction of sp³-hybridized carbons (Fsp3) is 0.259. The Morgan fingerprint density at radius 3 is 2.55 bits per heavy atom. The van der Waals surface area contributed by atoms with E-state index in [0.29, 0.717) is 5.11 Å². The van der Waals surface area contributed by atoms with Crippen molar-refractivity contribution in [3.8, 4) is 5.75 Å². The summed E-state index contributed by atoms with van der Waals surface area (Å²) in [6.07, 6.45) is 0. The summed E-state index contributed by atoms with van der Waals surface area (Å²) in [4.78, 5) is 15.8. The van der Waals surface area contributed by atoms with Crippen molar-refractivity contribution in [1.82, 2.24) is 5.32 Å². The molecule has 5 rings (SSSR count). The first-order valence-electron chi connectivity index (χ1n) is 11.1. The van der Waals surface area contributed by atoms with Crippen molar-refractivity contribution in [2.75, 3.05) is 10.2 Å². The molecule has 168 valence electrons. The van der Waals surface area contributed by atoms with Crippen LogP contribution >= 0.6 is 12.2 Å². The number of carbonyl (C=O) groups is 1. The van der Waals surface area contributed by atoms with E-state index in [9.17, 15) is 4.79 Å². The van der Waals surface area contributed by atoms with Crippen molar-refractivity contribution in [3.63, 3.8) is 0 Å². The molecule has 6 heteroatoms. The van der Waals surface area contributed by atoms with E-state index in [-0.39, 0.29) is 11.9 Å². The molecule has 2 aliphatic heterocycles. The van der Waals surface area contributed by atoms with Crippen LogP contribution in [0.3, 0.4) is 0 Å². The average molecular weight is 458 g/mol. The summed E-state index contributed by atoms with van der Waals surface area (Å²) < 4.78 is 6.63. The summed E-state index contributed by atoms with van der Waals surface area (Å²) in [6.45, 7) is 8.04. The number of rotatable bonds is 3. The number of nitrogens with one attached hydrogen (secondary N) is 2. The number of hydrogen-bond donors (Lipinski definition) is 2. The molecular formula is C27H27N3O2S. The Balaban J connectivity index is 1.62. The van der Waals surface area contributed by atoms with Gasteiger partial charge in [0.05, 0.1) is 6.04 Å². The third-order valence-electron chi connectivity index (χ3n) is 6.59. The van der Waals surface area contributed by atoms with E-state index in [1.807, 2.05) is 87.2 Å². The predicted octanol–water partition coefficient (Wildman–Crippen LogP) is 5.41. The van der Waals surface area contributed by atoms with Gasteiger partial charge in [0.2, 0.25) is 5.91 Å². The van der Waals surface area contributed by atoms with Crippen molar-refractivity contribution in [3.05, 3.63) is 89.0 Å². The van der Waals surface area contributed by atoms with Gasteiger partial charge in [-0.05, 0) is 75.3 Å². The number of nitrogens with zero attached hydrogens (tertiary/aromatic N) is 1. The van der Waals surface area contributed by atoms with E-state index in [4.69, 9.17) is 17.0 Å². The molecule has 3 aromatic carbocycles. The zero-order valence-corrected chi connectivity index (χ0v) is 20.0. The number of amides is 1. The Morgan fingerprint density at radius 1 is 1.03 bits per heavy atom. The Bertz CT molecular complexity index is 1270. The van der Waals surface area contributed by atoms with E-state index in [1.165, 1.54) is 0 Å². The first-order chi connectivity index (χ1) is 15.8. The highest BCUT2D eigenvalue weighted by molar-refractivity contribution is 7.80. The van der Waals surface area contributed by atoms with E-state index in [0.717, 1.165) is 39.4 Å². The van der Waals surface area contributed by atoms with Crippen LogP contribution in [-0.4, -0.2) is 16.7 Å². The number of thiocarbonyl (C=S) groups is 1. The monoisotopic (exact) mass is 457 g/mol. The molecule has 2 aliphatic rings. The standard InChI is InChI=1S/C27H27N3O2S/c1-16-8-7-9-19(15-16)30-26(33)29-24-20-10-5-6-11-22(20)32-27(30,4)23(24)25(31)28-21-13-12-17(2)14-18(21)3/h5-15,23-24H,1-4H3,(H,28,31)(H,29,33)/t23-,24-,27+/m0/s1. The highest BCUT2D eigenvalue weighted by Crippen LogP contribution is 2.49. The van der Waals surface area contributed by atoms with Crippen molar-refractivity contribution in [2.24, 2.45) is 5.92 Å². The number of hydrogen-bond acceptors (Lipinski definition) is 3. The van der Waals surface area contributed by atoms with Crippen molar-refractivity contribution in [1.29, 1.82) is 0 Å². The van der Waals surface area contributed by atoms with Gasteiger partial charge in [-0.1, -0.05) is 48.0 Å². The van der Waals surface area contributed by atoms with Gasteiger partial charge in [0, 0.05) is 16.9 Å². The molecule has 0 radical (unpaired) electrons. The maximum Gasteiger partial charge on any atom is 0.236 e. The molecule has 0 unspecified atom stereocenters. The number of carbonyl (C=O) groups excluding carboxylic acids is 1. The number of ether oxygens (including phenoxy) is 1. The fourth-order valence-electron chi connectivity index (χ4n) is 5.05. The van der Waals surface area contributed by atoms with Crippen molar-refractivity contribution in [2.45, 2.75) is 39.5 Å². The highest BCUT2D eigenvalue weighted by Gasteiger charge is 2.59. The summed E-state index contributed by atoms with van der Waals surface area (Å²) >= 11 is 5.82. The summed E-state index contributed by atoms with van der Waals surface area (Å²) in [7, 11) is 0. The lowest BCUT2D eigenvalue weighted by Gasteiger charge is -2.56. The lowest BCUT2D eigenvalue weighted by molar-refractivity contribution is -0.130. The normalized spacial score (nSPS) is 23.3. The van der Waals surface area contributed by atoms with Crippen LogP contribution in [0.5, 0.6) is 5.75 Å². The summed E-state index contributed by atoms with van der Waals surface area (Å²) in [5.41, 5.74) is 4.89. The minimum atomic E-state index is -1.02. The maximum absolute atomic E-state index is 13.9. The third kappa shape index (κ3) is 3.55. The van der Waals surface area contributed by atoms with Gasteiger partial charge in [-0.3, -0.25) is 9.69 Å². The summed E-state index contributed by atoms with van der Waals surface area (Å²) in [5.74, 6) is 0.0881. The van der Waals surface area contributed by atoms with Gasteiger partial charge in [0.15, 0.2) is 10.8 Å². The smallest absolute Gasteiger partial charge is 0.236 e. The molecule has 0 aromatic heterocycles. The number of aryl methyl sites for hydroxylation is 3. The second kappa shape index (κ2) is 7.89. The predicted molar refractivity (Wildman–Crippen MR) is 136 cm³/mol. The molecule has 33 heavy (non-hydrogen) atoms. The summed E-state index contributed by atoms with van der Waals surface area (Å²) in [5, 5.41) is 7.16. The second-order valence-electron chi connectivity index (χ2n) is 9.08. The summed E-state index contributed by atoms with van der Waals surface area (Å²) in [6, 6.07) is 21.7. The first-order valence-corrected chi connectivity index (χ1v) is 11.5. The van der Waals surface area contributed by atoms with Gasteiger partial charge < -0.3 is 15.4 Å². The van der Waals surface area contributed by atoms with Crippen LogP contribution in [0, 0.1) is 26.7 Å². The third-order valence-corrected chi connectivity index (χ3v) is 6.89. The van der Waals surface area contributed by atoms with E-state index < -0.39 is 11.6 Å². The van der Waals surface area contributed by atoms with Crippen LogP contribution in [0.1, 0.15) is 35.2 Å². The zero-order valence-electron chi connectivity index (χ0n) is 19.2. The molecule has 3 atom stereocenters. The molecule has 1 fully saturated rings. The molecule has 0 saturated carbocycles. The molecule has 2 N–H and O–H groups in total. The Labute approximate surface area is 199 Å². The second-order valence-corrected chi connectivity index (χ2v) is 9.47. The van der Waals surface area contributed by atoms with Gasteiger partial charge in [-0.2, -0.15) is 0 Å². The van der Waals surface area contributed by atoms with E-state index in [2.05, 4.69) is 22.8 Å². The SMILES string of the molecule is Cc1cccc(N2C(=S)N[C@H]3c4ccccc4O[C@]2(C)[C@@H]3C(=O)Nc2ccc(C)cc2C)c1. The van der Waals surface area contributed by atoms with Gasteiger partial charge >= 0.3 is 0 Å². The van der Waals surface area contributed by atoms with Crippen LogP contribution in [0.25, 0.3) is 0 Å². The van der Waals surface area contributed by atoms with Crippen LogP contribution in [0.4, 0.5) is 11.4 Å². The van der Waals surface area contributed by atoms with Gasteiger partial charge in [0.1, 0.15) is 11.7 Å². The Morgan fingerprint density at radius 2 is 1.79 bits per heavy atom. The van der Waals surface area contributed by atoms with Gasteiger partial charge in [0.25, 0.3) is 0 Å². The van der Waals surface area contributed by atoms with Crippen LogP contribution in [0.2, 0.25) is 0 Å². The first kappa shape index (κ1) is 21.5. The molecular weight excluding hydrogens is 430 g/mol. The van der Waals surface area contributed by atoms with E-state index in [1.54, 1.807) is 0 Å². The lowest BCUT2D eigenvalue weighted by atomic mass is 9.78. The van der Waals surface area contributed by atoms with Crippen LogP contribution < -0.4 is 20.3 Å².